The van der Waals surface area contributed by atoms with Crippen molar-refractivity contribution in [3.63, 3.8) is 0 Å². The summed E-state index contributed by atoms with van der Waals surface area (Å²) >= 11 is 0. The average molecular weight is 300 g/mol. The molecule has 5 nitrogen and oxygen atoms in total. The lowest BCUT2D eigenvalue weighted by molar-refractivity contribution is 0.0437. The predicted octanol–water partition coefficient (Wildman–Crippen LogP) is 1.65. The second-order valence-electron chi connectivity index (χ2n) is 5.94. The van der Waals surface area contributed by atoms with E-state index < -0.39 is 15.6 Å². The maximum absolute atomic E-state index is 12.2. The first-order valence-electron chi connectivity index (χ1n) is 6.62. The van der Waals surface area contributed by atoms with Gasteiger partial charge in [-0.2, -0.15) is 0 Å². The van der Waals surface area contributed by atoms with Gasteiger partial charge in [0, 0.05) is 12.2 Å². The molecule has 6 heteroatoms. The molecule has 0 saturated carbocycles. The highest BCUT2D eigenvalue weighted by Gasteiger charge is 2.25. The van der Waals surface area contributed by atoms with Crippen molar-refractivity contribution >= 4 is 15.7 Å². The molecule has 0 spiro atoms. The van der Waals surface area contributed by atoms with Gasteiger partial charge in [-0.25, -0.2) is 13.1 Å². The summed E-state index contributed by atoms with van der Waals surface area (Å²) in [6.45, 7) is 7.36. The Hall–Kier alpha value is -1.11. The molecule has 1 unspecified atom stereocenters. The van der Waals surface area contributed by atoms with E-state index in [-0.39, 0.29) is 17.4 Å². The second kappa shape index (κ2) is 6.11. The standard InChI is InChI=1S/C14H24N2O3S/c1-10(2)8-14(4,17)9-16-20(18,19)12-6-5-11(3)13(15)7-12/h5-7,10,16-17H,8-9,15H2,1-4H3. The fraction of sp³-hybridized carbons (Fsp3) is 0.571. The van der Waals surface area contributed by atoms with E-state index in [2.05, 4.69) is 4.72 Å². The van der Waals surface area contributed by atoms with Crippen LogP contribution in [0.1, 0.15) is 32.8 Å². The molecular weight excluding hydrogens is 276 g/mol. The van der Waals surface area contributed by atoms with Crippen molar-refractivity contribution in [3.05, 3.63) is 23.8 Å². The fourth-order valence-corrected chi connectivity index (χ4v) is 3.27. The van der Waals surface area contributed by atoms with Gasteiger partial charge < -0.3 is 10.8 Å². The Balaban J connectivity index is 2.82. The monoisotopic (exact) mass is 300 g/mol. The van der Waals surface area contributed by atoms with Crippen LogP contribution in [0.4, 0.5) is 5.69 Å². The first-order valence-corrected chi connectivity index (χ1v) is 8.10. The highest BCUT2D eigenvalue weighted by atomic mass is 32.2. The van der Waals surface area contributed by atoms with E-state index in [9.17, 15) is 13.5 Å². The molecule has 1 atom stereocenters. The van der Waals surface area contributed by atoms with Crippen LogP contribution < -0.4 is 10.5 Å². The van der Waals surface area contributed by atoms with Crippen molar-refractivity contribution in [3.8, 4) is 0 Å². The Morgan fingerprint density at radius 2 is 2.00 bits per heavy atom. The molecule has 0 bridgehead atoms. The van der Waals surface area contributed by atoms with Crippen LogP contribution in [0.3, 0.4) is 0 Å². The molecule has 0 aliphatic carbocycles. The topological polar surface area (TPSA) is 92.4 Å². The number of sulfonamides is 1. The fourth-order valence-electron chi connectivity index (χ4n) is 2.07. The van der Waals surface area contributed by atoms with E-state index in [4.69, 9.17) is 5.73 Å². The minimum absolute atomic E-state index is 0.0265. The third-order valence-corrected chi connectivity index (χ3v) is 4.45. The van der Waals surface area contributed by atoms with Gasteiger partial charge in [0.05, 0.1) is 10.5 Å². The predicted molar refractivity (Wildman–Crippen MR) is 80.9 cm³/mol. The number of hydrogen-bond acceptors (Lipinski definition) is 4. The van der Waals surface area contributed by atoms with E-state index in [1.165, 1.54) is 12.1 Å². The van der Waals surface area contributed by atoms with E-state index >= 15 is 0 Å². The summed E-state index contributed by atoms with van der Waals surface area (Å²) in [7, 11) is -3.66. The highest BCUT2D eigenvalue weighted by molar-refractivity contribution is 7.89. The Bertz CT molecular complexity index is 566. The van der Waals surface area contributed by atoms with Crippen LogP contribution in [0.5, 0.6) is 0 Å². The molecule has 0 radical (unpaired) electrons. The molecule has 1 aromatic carbocycles. The normalized spacial score (nSPS) is 15.3. The van der Waals surface area contributed by atoms with Gasteiger partial charge in [-0.3, -0.25) is 0 Å². The van der Waals surface area contributed by atoms with E-state index in [0.29, 0.717) is 12.1 Å². The van der Waals surface area contributed by atoms with Crippen LogP contribution in [-0.2, 0) is 10.0 Å². The third-order valence-electron chi connectivity index (χ3n) is 3.05. The molecule has 0 heterocycles. The lowest BCUT2D eigenvalue weighted by Gasteiger charge is -2.25. The lowest BCUT2D eigenvalue weighted by Crippen LogP contribution is -2.41. The molecule has 4 N–H and O–H groups in total. The largest absolute Gasteiger partial charge is 0.398 e. The molecule has 20 heavy (non-hydrogen) atoms. The zero-order valence-corrected chi connectivity index (χ0v) is 13.3. The van der Waals surface area contributed by atoms with Gasteiger partial charge in [0.15, 0.2) is 0 Å². The highest BCUT2D eigenvalue weighted by Crippen LogP contribution is 2.19. The van der Waals surface area contributed by atoms with Gasteiger partial charge in [-0.15, -0.1) is 0 Å². The number of anilines is 1. The SMILES string of the molecule is Cc1ccc(S(=O)(=O)NCC(C)(O)CC(C)C)cc1N. The average Bonchev–Trinajstić information content (AvgIpc) is 2.29. The Morgan fingerprint density at radius 1 is 1.40 bits per heavy atom. The molecule has 114 valence electrons. The van der Waals surface area contributed by atoms with Gasteiger partial charge in [-0.1, -0.05) is 19.9 Å². The number of hydrogen-bond donors (Lipinski definition) is 3. The third kappa shape index (κ3) is 4.77. The summed E-state index contributed by atoms with van der Waals surface area (Å²) < 4.78 is 26.7. The minimum atomic E-state index is -3.66. The van der Waals surface area contributed by atoms with Crippen molar-refractivity contribution in [2.45, 2.75) is 44.6 Å². The number of benzene rings is 1. The molecule has 0 aliphatic heterocycles. The van der Waals surface area contributed by atoms with Crippen LogP contribution in [0.15, 0.2) is 23.1 Å². The minimum Gasteiger partial charge on any atom is -0.398 e. The molecule has 0 amide bonds. The Kier molecular flexibility index (Phi) is 5.18. The quantitative estimate of drug-likeness (QED) is 0.697. The zero-order chi connectivity index (χ0) is 15.6. The smallest absolute Gasteiger partial charge is 0.240 e. The maximum atomic E-state index is 12.2. The summed E-state index contributed by atoms with van der Waals surface area (Å²) in [6.07, 6.45) is 0.519. The summed E-state index contributed by atoms with van der Waals surface area (Å²) in [5, 5.41) is 10.1. The number of aliphatic hydroxyl groups is 1. The lowest BCUT2D eigenvalue weighted by atomic mass is 9.95. The van der Waals surface area contributed by atoms with E-state index in [1.54, 1.807) is 13.0 Å². The van der Waals surface area contributed by atoms with Crippen LogP contribution in [0, 0.1) is 12.8 Å². The van der Waals surface area contributed by atoms with Gasteiger partial charge in [0.2, 0.25) is 10.0 Å². The Morgan fingerprint density at radius 3 is 2.50 bits per heavy atom. The first kappa shape index (κ1) is 16.9. The van der Waals surface area contributed by atoms with Crippen molar-refractivity contribution in [2.75, 3.05) is 12.3 Å². The summed E-state index contributed by atoms with van der Waals surface area (Å²) in [5.41, 5.74) is 5.91. The number of aryl methyl sites for hydroxylation is 1. The zero-order valence-electron chi connectivity index (χ0n) is 12.5. The van der Waals surface area contributed by atoms with Gasteiger partial charge in [0.25, 0.3) is 0 Å². The van der Waals surface area contributed by atoms with Gasteiger partial charge >= 0.3 is 0 Å². The number of nitrogen functional groups attached to an aromatic ring is 1. The Labute approximate surface area is 121 Å². The van der Waals surface area contributed by atoms with Crippen molar-refractivity contribution in [2.24, 2.45) is 5.92 Å². The van der Waals surface area contributed by atoms with Crippen LogP contribution in [-0.4, -0.2) is 25.7 Å². The number of nitrogens with one attached hydrogen (secondary N) is 1. The molecule has 0 aromatic heterocycles. The van der Waals surface area contributed by atoms with Crippen LogP contribution >= 0.6 is 0 Å². The van der Waals surface area contributed by atoms with E-state index in [0.717, 1.165) is 5.56 Å². The van der Waals surface area contributed by atoms with Crippen molar-refractivity contribution < 1.29 is 13.5 Å². The summed E-state index contributed by atoms with van der Waals surface area (Å²) in [6, 6.07) is 4.59. The molecule has 1 aromatic rings. The second-order valence-corrected chi connectivity index (χ2v) is 7.70. The summed E-state index contributed by atoms with van der Waals surface area (Å²) in [5.74, 6) is 0.282. The first-order chi connectivity index (χ1) is 9.03. The maximum Gasteiger partial charge on any atom is 0.240 e. The van der Waals surface area contributed by atoms with Gasteiger partial charge in [-0.05, 0) is 43.9 Å². The molecular formula is C14H24N2O3S. The molecule has 0 fully saturated rings. The van der Waals surface area contributed by atoms with Crippen molar-refractivity contribution in [1.82, 2.24) is 4.72 Å². The molecule has 1 rings (SSSR count). The molecule has 0 aliphatic rings. The number of nitrogens with two attached hydrogens (primary N) is 1. The van der Waals surface area contributed by atoms with Crippen LogP contribution in [0.2, 0.25) is 0 Å². The molecule has 0 saturated heterocycles. The summed E-state index contributed by atoms with van der Waals surface area (Å²) in [4.78, 5) is 0.112. The number of rotatable bonds is 6. The van der Waals surface area contributed by atoms with Crippen LogP contribution in [0.25, 0.3) is 0 Å². The van der Waals surface area contributed by atoms with Crippen molar-refractivity contribution in [1.29, 1.82) is 0 Å². The van der Waals surface area contributed by atoms with Gasteiger partial charge in [0.1, 0.15) is 0 Å². The van der Waals surface area contributed by atoms with E-state index in [1.807, 2.05) is 20.8 Å².